The van der Waals surface area contributed by atoms with Crippen molar-refractivity contribution in [2.45, 2.75) is 289 Å². The van der Waals surface area contributed by atoms with Crippen LogP contribution in [-0.4, -0.2) is 68.5 Å². The molecule has 0 spiro atoms. The number of likely N-dealkylation sites (N-methyl/N-ethyl adjacent to an activating group) is 1. The molecule has 0 saturated heterocycles. The fraction of sp³-hybridized carbons (Fsp3) is 0.729. The number of quaternary nitrogens is 1. The Balaban J connectivity index is 4.03. The van der Waals surface area contributed by atoms with E-state index in [0.717, 1.165) is 83.5 Å². The molecule has 0 aliphatic carbocycles. The molecule has 3 atom stereocenters. The minimum atomic E-state index is -4.61. The van der Waals surface area contributed by atoms with Crippen LogP contribution in [-0.2, 0) is 18.4 Å². The van der Waals surface area contributed by atoms with Crippen LogP contribution in [0.5, 0.6) is 0 Å². The molecule has 0 bridgehead atoms. The Morgan fingerprint density at radius 3 is 1.18 bits per heavy atom. The number of phosphoric acid groups is 1. The van der Waals surface area contributed by atoms with Gasteiger partial charge in [-0.25, -0.2) is 0 Å². The van der Waals surface area contributed by atoms with Gasteiger partial charge >= 0.3 is 0 Å². The van der Waals surface area contributed by atoms with Crippen molar-refractivity contribution in [2.75, 3.05) is 40.9 Å². The van der Waals surface area contributed by atoms with Gasteiger partial charge in [0, 0.05) is 6.42 Å². The van der Waals surface area contributed by atoms with Gasteiger partial charge in [-0.2, -0.15) is 0 Å². The van der Waals surface area contributed by atoms with Gasteiger partial charge in [0.25, 0.3) is 7.82 Å². The molecule has 0 aliphatic heterocycles. The third-order valence-corrected chi connectivity index (χ3v) is 15.2. The van der Waals surface area contributed by atoms with E-state index >= 15 is 0 Å². The van der Waals surface area contributed by atoms with Crippen molar-refractivity contribution in [3.8, 4) is 0 Å². The highest BCUT2D eigenvalue weighted by molar-refractivity contribution is 7.45. The zero-order valence-electron chi connectivity index (χ0n) is 52.0. The Kier molecular flexibility index (Phi) is 57.6. The van der Waals surface area contributed by atoms with Gasteiger partial charge in [-0.05, 0) is 96.3 Å². The van der Waals surface area contributed by atoms with Crippen LogP contribution in [0.4, 0.5) is 0 Å². The predicted octanol–water partition coefficient (Wildman–Crippen LogP) is 20.1. The van der Waals surface area contributed by atoms with E-state index in [1.807, 2.05) is 27.2 Å². The van der Waals surface area contributed by atoms with Gasteiger partial charge in [0.2, 0.25) is 5.91 Å². The second-order valence-electron chi connectivity index (χ2n) is 23.1. The molecular formula is C70H125N2O6P. The summed E-state index contributed by atoms with van der Waals surface area (Å²) >= 11 is 0. The molecule has 2 N–H and O–H groups in total. The maximum atomic E-state index is 13.0. The first-order chi connectivity index (χ1) is 38.5. The number of rotatable bonds is 59. The molecule has 456 valence electrons. The molecule has 0 radical (unpaired) electrons. The van der Waals surface area contributed by atoms with Crippen LogP contribution in [0.25, 0.3) is 0 Å². The lowest BCUT2D eigenvalue weighted by Crippen LogP contribution is -2.45. The van der Waals surface area contributed by atoms with Crippen LogP contribution >= 0.6 is 7.82 Å². The molecular weight excluding hydrogens is 996 g/mol. The van der Waals surface area contributed by atoms with E-state index in [0.29, 0.717) is 17.4 Å². The first-order valence-corrected chi connectivity index (χ1v) is 34.2. The fourth-order valence-corrected chi connectivity index (χ4v) is 9.85. The monoisotopic (exact) mass is 1120 g/mol. The Morgan fingerprint density at radius 2 is 0.785 bits per heavy atom. The second-order valence-corrected chi connectivity index (χ2v) is 24.5. The van der Waals surface area contributed by atoms with Crippen LogP contribution < -0.4 is 10.2 Å². The second kappa shape index (κ2) is 59.8. The minimum absolute atomic E-state index is 0.0114. The summed E-state index contributed by atoms with van der Waals surface area (Å²) in [6, 6.07) is -0.914. The summed E-state index contributed by atoms with van der Waals surface area (Å²) in [6.07, 6.45) is 87.7. The molecule has 1 amide bonds. The summed E-state index contributed by atoms with van der Waals surface area (Å²) in [5.74, 6) is -0.211. The first kappa shape index (κ1) is 76.2. The Labute approximate surface area is 489 Å². The minimum Gasteiger partial charge on any atom is -0.756 e. The van der Waals surface area contributed by atoms with Crippen molar-refractivity contribution < 1.29 is 32.9 Å². The SMILES string of the molecule is CC/C=C\C/C=C\C/C=C\C/C=C\C/C=C\C/C=C\CCCCCCCCCCCCCCCCCCCCCCC(=O)NC(COP(=O)([O-])OCC[N+](C)(C)C)C(O)/C=C/CC/C=C/CC/C=C/CCCCCCCCCC. The normalized spacial score (nSPS) is 14.5. The molecule has 0 aromatic rings. The summed E-state index contributed by atoms with van der Waals surface area (Å²) in [6.45, 7) is 4.51. The lowest BCUT2D eigenvalue weighted by molar-refractivity contribution is -0.870. The molecule has 8 nitrogen and oxygen atoms in total. The highest BCUT2D eigenvalue weighted by Gasteiger charge is 2.23. The van der Waals surface area contributed by atoms with E-state index in [1.165, 1.54) is 173 Å². The number of allylic oxidation sites excluding steroid dienone is 17. The van der Waals surface area contributed by atoms with E-state index in [-0.39, 0.29) is 12.5 Å². The molecule has 0 saturated carbocycles. The fourth-order valence-electron chi connectivity index (χ4n) is 9.13. The van der Waals surface area contributed by atoms with E-state index in [2.05, 4.69) is 116 Å². The van der Waals surface area contributed by atoms with Crippen molar-refractivity contribution in [1.29, 1.82) is 0 Å². The van der Waals surface area contributed by atoms with Crippen molar-refractivity contribution in [2.24, 2.45) is 0 Å². The average Bonchev–Trinajstić information content (AvgIpc) is 3.42. The van der Waals surface area contributed by atoms with Gasteiger partial charge in [-0.1, -0.05) is 284 Å². The Bertz CT molecular complexity index is 1650. The topological polar surface area (TPSA) is 108 Å². The predicted molar refractivity (Wildman–Crippen MR) is 343 cm³/mol. The quantitative estimate of drug-likeness (QED) is 0.0272. The lowest BCUT2D eigenvalue weighted by atomic mass is 10.0. The van der Waals surface area contributed by atoms with Crippen LogP contribution in [0.1, 0.15) is 277 Å². The third kappa shape index (κ3) is 62.6. The summed E-state index contributed by atoms with van der Waals surface area (Å²) in [4.78, 5) is 25.5. The molecule has 3 unspecified atom stereocenters. The number of phosphoric ester groups is 1. The molecule has 9 heteroatoms. The maximum absolute atomic E-state index is 13.0. The van der Waals surface area contributed by atoms with E-state index in [9.17, 15) is 19.4 Å². The standard InChI is InChI=1S/C70H125N2O6P/c1-6-8-10-12-14-16-18-20-22-24-26-27-28-29-30-31-32-33-34-35-36-37-38-39-40-41-42-43-44-45-46-48-50-52-54-56-58-60-62-64-70(74)71-68(67-78-79(75,76)77-66-65-72(3,4)5)69(73)63-61-59-57-55-53-51-49-47-25-23-21-19-17-15-13-11-9-7-2/h8,10,14,16,20,22,25-27,29-30,32-33,47,53,55,61,63,68-69,73H,6-7,9,11-13,15,17-19,21,23-24,28,31,34-46,48-52,54,56-60,62,64-67H2,1-5H3,(H-,71,74,75,76)/b10-8-,16-14-,22-20-,27-26-,30-29-,33-32-,47-25+,55-53+,63-61+. The Morgan fingerprint density at radius 1 is 0.456 bits per heavy atom. The average molecular weight is 1120 g/mol. The zero-order chi connectivity index (χ0) is 57.7. The van der Waals surface area contributed by atoms with E-state index in [4.69, 9.17) is 9.05 Å². The summed E-state index contributed by atoms with van der Waals surface area (Å²) in [5, 5.41) is 13.9. The molecule has 0 aromatic heterocycles. The van der Waals surface area contributed by atoms with E-state index in [1.54, 1.807) is 6.08 Å². The van der Waals surface area contributed by atoms with Gasteiger partial charge in [0.1, 0.15) is 13.2 Å². The van der Waals surface area contributed by atoms with Crippen molar-refractivity contribution in [3.05, 3.63) is 109 Å². The van der Waals surface area contributed by atoms with Crippen LogP contribution in [0.15, 0.2) is 109 Å². The number of carbonyl (C=O) groups excluding carboxylic acids is 1. The van der Waals surface area contributed by atoms with Crippen molar-refractivity contribution in [1.82, 2.24) is 5.32 Å². The molecule has 79 heavy (non-hydrogen) atoms. The third-order valence-electron chi connectivity index (χ3n) is 14.2. The zero-order valence-corrected chi connectivity index (χ0v) is 52.9. The Hall–Kier alpha value is -2.84. The smallest absolute Gasteiger partial charge is 0.268 e. The van der Waals surface area contributed by atoms with Gasteiger partial charge in [-0.15, -0.1) is 0 Å². The largest absolute Gasteiger partial charge is 0.756 e. The number of hydrogen-bond donors (Lipinski definition) is 2. The number of carbonyl (C=O) groups is 1. The van der Waals surface area contributed by atoms with Crippen LogP contribution in [0.3, 0.4) is 0 Å². The highest BCUT2D eigenvalue weighted by Crippen LogP contribution is 2.38. The van der Waals surface area contributed by atoms with Gasteiger partial charge in [-0.3, -0.25) is 9.36 Å². The van der Waals surface area contributed by atoms with Gasteiger partial charge in [0.15, 0.2) is 0 Å². The summed E-state index contributed by atoms with van der Waals surface area (Å²) in [7, 11) is 1.23. The number of unbranched alkanes of at least 4 members (excludes halogenated alkanes) is 30. The number of amides is 1. The van der Waals surface area contributed by atoms with Crippen LogP contribution in [0.2, 0.25) is 0 Å². The maximum Gasteiger partial charge on any atom is 0.268 e. The van der Waals surface area contributed by atoms with Gasteiger partial charge < -0.3 is 28.8 Å². The van der Waals surface area contributed by atoms with Gasteiger partial charge in [0.05, 0.1) is 39.9 Å². The van der Waals surface area contributed by atoms with Crippen molar-refractivity contribution >= 4 is 13.7 Å². The molecule has 0 aromatic carbocycles. The number of aliphatic hydroxyl groups excluding tert-OH is 1. The number of aliphatic hydroxyl groups is 1. The molecule has 0 fully saturated rings. The highest BCUT2D eigenvalue weighted by atomic mass is 31.2. The van der Waals surface area contributed by atoms with Crippen molar-refractivity contribution in [3.63, 3.8) is 0 Å². The molecule has 0 aliphatic rings. The first-order valence-electron chi connectivity index (χ1n) is 32.7. The number of nitrogens with one attached hydrogen (secondary N) is 1. The van der Waals surface area contributed by atoms with Crippen LogP contribution in [0, 0.1) is 0 Å². The number of nitrogens with zero attached hydrogens (tertiary/aromatic N) is 1. The molecule has 0 heterocycles. The van der Waals surface area contributed by atoms with E-state index < -0.39 is 26.6 Å². The summed E-state index contributed by atoms with van der Waals surface area (Å²) in [5.41, 5.74) is 0. The molecule has 0 rings (SSSR count). The summed E-state index contributed by atoms with van der Waals surface area (Å²) < 4.78 is 23.4. The number of hydrogen-bond acceptors (Lipinski definition) is 6. The lowest BCUT2D eigenvalue weighted by Gasteiger charge is -2.29.